The highest BCUT2D eigenvalue weighted by Crippen LogP contribution is 2.33. The Morgan fingerprint density at radius 3 is 2.38 bits per heavy atom. The van der Waals surface area contributed by atoms with E-state index in [9.17, 15) is 15.2 Å². The van der Waals surface area contributed by atoms with Crippen LogP contribution < -0.4 is 4.90 Å². The third kappa shape index (κ3) is 4.24. The van der Waals surface area contributed by atoms with Crippen LogP contribution in [-0.2, 0) is 0 Å². The van der Waals surface area contributed by atoms with Crippen molar-refractivity contribution < 1.29 is 10.0 Å². The van der Waals surface area contributed by atoms with E-state index in [4.69, 9.17) is 0 Å². The van der Waals surface area contributed by atoms with E-state index in [-0.39, 0.29) is 22.7 Å². The molecule has 24 heavy (non-hydrogen) atoms. The van der Waals surface area contributed by atoms with Gasteiger partial charge in [0.25, 0.3) is 5.69 Å². The number of anilines is 1. The highest BCUT2D eigenvalue weighted by Gasteiger charge is 2.36. The molecule has 2 rings (SSSR count). The van der Waals surface area contributed by atoms with Crippen LogP contribution in [0, 0.1) is 10.1 Å². The van der Waals surface area contributed by atoms with Gasteiger partial charge < -0.3 is 10.0 Å². The molecule has 1 aromatic rings. The lowest BCUT2D eigenvalue weighted by atomic mass is 9.98. The van der Waals surface area contributed by atoms with Crippen molar-refractivity contribution in [1.82, 2.24) is 4.90 Å². The Bertz CT molecular complexity index is 571. The molecule has 1 heterocycles. The standard InChI is InChI=1S/C18H29N3O3/c1-5-14-12-20(16-9-7-8-10-17(16)21(23)24)15(6-2)11-19(14)13-18(3,4)22/h7-10,14-15,22H,5-6,11-13H2,1-4H3. The molecular weight excluding hydrogens is 306 g/mol. The summed E-state index contributed by atoms with van der Waals surface area (Å²) >= 11 is 0. The van der Waals surface area contributed by atoms with Gasteiger partial charge in [-0.3, -0.25) is 15.0 Å². The van der Waals surface area contributed by atoms with E-state index < -0.39 is 5.60 Å². The van der Waals surface area contributed by atoms with Crippen molar-refractivity contribution in [2.24, 2.45) is 0 Å². The number of para-hydroxylation sites is 2. The molecule has 1 aliphatic rings. The number of hydrogen-bond donors (Lipinski definition) is 1. The maximum absolute atomic E-state index is 11.4. The molecule has 1 fully saturated rings. The number of benzene rings is 1. The summed E-state index contributed by atoms with van der Waals surface area (Å²) in [5.41, 5.74) is 0.129. The van der Waals surface area contributed by atoms with E-state index in [1.807, 2.05) is 26.0 Å². The number of nitro benzene ring substituents is 1. The molecule has 0 aliphatic carbocycles. The number of hydrogen-bond acceptors (Lipinski definition) is 5. The lowest BCUT2D eigenvalue weighted by molar-refractivity contribution is -0.384. The molecule has 0 spiro atoms. The first kappa shape index (κ1) is 18.7. The minimum Gasteiger partial charge on any atom is -0.389 e. The average molecular weight is 335 g/mol. The third-order valence-corrected chi connectivity index (χ3v) is 4.73. The van der Waals surface area contributed by atoms with Gasteiger partial charge in [0.2, 0.25) is 0 Å². The second-order valence-electron chi connectivity index (χ2n) is 7.26. The maximum Gasteiger partial charge on any atom is 0.292 e. The van der Waals surface area contributed by atoms with Crippen LogP contribution in [0.1, 0.15) is 40.5 Å². The molecule has 0 bridgehead atoms. The molecule has 1 saturated heterocycles. The van der Waals surface area contributed by atoms with E-state index in [0.717, 1.165) is 25.9 Å². The second kappa shape index (κ2) is 7.49. The summed E-state index contributed by atoms with van der Waals surface area (Å²) in [5.74, 6) is 0. The Morgan fingerprint density at radius 1 is 1.21 bits per heavy atom. The summed E-state index contributed by atoms with van der Waals surface area (Å²) in [5, 5.41) is 21.6. The van der Waals surface area contributed by atoms with Crippen molar-refractivity contribution in [3.8, 4) is 0 Å². The first-order valence-electron chi connectivity index (χ1n) is 8.73. The first-order chi connectivity index (χ1) is 11.3. The Hall–Kier alpha value is -1.66. The van der Waals surface area contributed by atoms with Crippen LogP contribution in [-0.4, -0.2) is 52.2 Å². The van der Waals surface area contributed by atoms with Crippen molar-refractivity contribution in [2.75, 3.05) is 24.5 Å². The van der Waals surface area contributed by atoms with E-state index in [1.54, 1.807) is 12.1 Å². The largest absolute Gasteiger partial charge is 0.389 e. The van der Waals surface area contributed by atoms with Crippen LogP contribution in [0.5, 0.6) is 0 Å². The molecule has 2 atom stereocenters. The normalized spacial score (nSPS) is 22.6. The van der Waals surface area contributed by atoms with Gasteiger partial charge in [-0.25, -0.2) is 0 Å². The fourth-order valence-electron chi connectivity index (χ4n) is 3.59. The zero-order chi connectivity index (χ0) is 17.9. The molecular formula is C18H29N3O3. The van der Waals surface area contributed by atoms with Gasteiger partial charge in [0.15, 0.2) is 0 Å². The lowest BCUT2D eigenvalue weighted by Gasteiger charge is -2.48. The minimum absolute atomic E-state index is 0.168. The van der Waals surface area contributed by atoms with Crippen LogP contribution in [0.2, 0.25) is 0 Å². The highest BCUT2D eigenvalue weighted by molar-refractivity contribution is 5.64. The first-order valence-corrected chi connectivity index (χ1v) is 8.73. The zero-order valence-electron chi connectivity index (χ0n) is 15.1. The molecule has 6 heteroatoms. The van der Waals surface area contributed by atoms with Crippen molar-refractivity contribution >= 4 is 11.4 Å². The van der Waals surface area contributed by atoms with Crippen molar-refractivity contribution in [3.05, 3.63) is 34.4 Å². The van der Waals surface area contributed by atoms with Crippen LogP contribution in [0.4, 0.5) is 11.4 Å². The zero-order valence-corrected chi connectivity index (χ0v) is 15.1. The summed E-state index contributed by atoms with van der Waals surface area (Å²) in [7, 11) is 0. The molecule has 0 amide bonds. The molecule has 0 radical (unpaired) electrons. The molecule has 1 aromatic carbocycles. The van der Waals surface area contributed by atoms with Gasteiger partial charge in [-0.05, 0) is 32.8 Å². The number of piperazine rings is 1. The number of aliphatic hydroxyl groups is 1. The highest BCUT2D eigenvalue weighted by atomic mass is 16.6. The number of nitro groups is 1. The smallest absolute Gasteiger partial charge is 0.292 e. The monoisotopic (exact) mass is 335 g/mol. The molecule has 6 nitrogen and oxygen atoms in total. The van der Waals surface area contributed by atoms with Gasteiger partial charge in [0, 0.05) is 37.8 Å². The Morgan fingerprint density at radius 2 is 1.83 bits per heavy atom. The van der Waals surface area contributed by atoms with E-state index in [2.05, 4.69) is 23.6 Å². The number of nitrogens with zero attached hydrogens (tertiary/aromatic N) is 3. The van der Waals surface area contributed by atoms with Crippen LogP contribution >= 0.6 is 0 Å². The van der Waals surface area contributed by atoms with Crippen molar-refractivity contribution in [3.63, 3.8) is 0 Å². The number of rotatable bonds is 6. The van der Waals surface area contributed by atoms with Gasteiger partial charge in [-0.1, -0.05) is 26.0 Å². The summed E-state index contributed by atoms with van der Waals surface area (Å²) < 4.78 is 0. The van der Waals surface area contributed by atoms with Crippen molar-refractivity contribution in [2.45, 2.75) is 58.2 Å². The molecule has 0 aromatic heterocycles. The maximum atomic E-state index is 11.4. The predicted molar refractivity (Wildman–Crippen MR) is 96.5 cm³/mol. The molecule has 1 aliphatic heterocycles. The van der Waals surface area contributed by atoms with E-state index in [0.29, 0.717) is 12.2 Å². The van der Waals surface area contributed by atoms with Gasteiger partial charge in [0.05, 0.1) is 10.5 Å². The third-order valence-electron chi connectivity index (χ3n) is 4.73. The minimum atomic E-state index is -0.743. The molecule has 134 valence electrons. The molecule has 0 saturated carbocycles. The van der Waals surface area contributed by atoms with Crippen LogP contribution in [0.3, 0.4) is 0 Å². The van der Waals surface area contributed by atoms with Gasteiger partial charge >= 0.3 is 0 Å². The second-order valence-corrected chi connectivity index (χ2v) is 7.26. The fourth-order valence-corrected chi connectivity index (χ4v) is 3.59. The van der Waals surface area contributed by atoms with Gasteiger partial charge in [-0.15, -0.1) is 0 Å². The predicted octanol–water partition coefficient (Wildman–Crippen LogP) is 3.04. The fraction of sp³-hybridized carbons (Fsp3) is 0.667. The van der Waals surface area contributed by atoms with Crippen LogP contribution in [0.15, 0.2) is 24.3 Å². The summed E-state index contributed by atoms with van der Waals surface area (Å²) in [6.45, 7) is 10.1. The Labute approximate surface area is 144 Å². The SMILES string of the molecule is CCC1CN(c2ccccc2[N+](=O)[O-])C(CC)CN1CC(C)(C)O. The van der Waals surface area contributed by atoms with Crippen LogP contribution in [0.25, 0.3) is 0 Å². The van der Waals surface area contributed by atoms with Gasteiger partial charge in [-0.2, -0.15) is 0 Å². The topological polar surface area (TPSA) is 69.8 Å². The Kier molecular flexibility index (Phi) is 5.83. The lowest BCUT2D eigenvalue weighted by Crippen LogP contribution is -2.60. The van der Waals surface area contributed by atoms with E-state index in [1.165, 1.54) is 0 Å². The van der Waals surface area contributed by atoms with E-state index >= 15 is 0 Å². The summed E-state index contributed by atoms with van der Waals surface area (Å²) in [6, 6.07) is 7.48. The Balaban J connectivity index is 2.31. The summed E-state index contributed by atoms with van der Waals surface area (Å²) in [6.07, 6.45) is 1.86. The van der Waals surface area contributed by atoms with Crippen molar-refractivity contribution in [1.29, 1.82) is 0 Å². The quantitative estimate of drug-likeness (QED) is 0.639. The molecule has 2 unspecified atom stereocenters. The average Bonchev–Trinajstić information content (AvgIpc) is 2.53. The molecule has 1 N–H and O–H groups in total. The van der Waals surface area contributed by atoms with Gasteiger partial charge in [0.1, 0.15) is 5.69 Å². The number of β-amino-alcohol motifs (C(OH)–C–C–N with tert-alkyl or cyclic N) is 1. The summed E-state index contributed by atoms with van der Waals surface area (Å²) in [4.78, 5) is 15.6.